The molecule has 108 valence electrons. The average molecular weight is 279 g/mol. The van der Waals surface area contributed by atoms with Crippen molar-refractivity contribution < 1.29 is 24.2 Å². The molecule has 1 aliphatic heterocycles. The first-order valence-electron chi connectivity index (χ1n) is 6.33. The van der Waals surface area contributed by atoms with Crippen LogP contribution in [0.5, 0.6) is 5.75 Å². The van der Waals surface area contributed by atoms with Crippen LogP contribution in [0.15, 0.2) is 24.3 Å². The van der Waals surface area contributed by atoms with Crippen LogP contribution in [-0.4, -0.2) is 43.3 Å². The fourth-order valence-electron chi connectivity index (χ4n) is 2.15. The molecular formula is C14H17NO5. The predicted molar refractivity (Wildman–Crippen MR) is 71.9 cm³/mol. The smallest absolute Gasteiger partial charge is 0.332 e. The number of aliphatic carboxylic acids is 1. The molecular weight excluding hydrogens is 262 g/mol. The predicted octanol–water partition coefficient (Wildman–Crippen LogP) is 1.29. The van der Waals surface area contributed by atoms with E-state index >= 15 is 0 Å². The van der Waals surface area contributed by atoms with Gasteiger partial charge in [-0.15, -0.1) is 0 Å². The van der Waals surface area contributed by atoms with Gasteiger partial charge in [0.1, 0.15) is 11.9 Å². The topological polar surface area (TPSA) is 76.1 Å². The first kappa shape index (κ1) is 14.3. The Hall–Kier alpha value is -2.08. The molecule has 1 fully saturated rings. The lowest BCUT2D eigenvalue weighted by Crippen LogP contribution is -2.37. The van der Waals surface area contributed by atoms with Crippen LogP contribution in [0, 0.1) is 0 Å². The molecule has 1 aromatic carbocycles. The van der Waals surface area contributed by atoms with Crippen LogP contribution in [0.2, 0.25) is 0 Å². The lowest BCUT2D eigenvalue weighted by Gasteiger charge is -2.21. The standard InChI is InChI=1S/C14H17NO5/c1-15(9-3-5-10(19-2)6-4-9)13(16)11-7-8-12(20-11)14(17)18/h3-6,11-12H,7-8H2,1-2H3,(H,17,18)/t11-,12+/m0/s1. The number of likely N-dealkylation sites (N-methyl/N-ethyl adjacent to an activating group) is 1. The van der Waals surface area contributed by atoms with E-state index in [1.165, 1.54) is 4.90 Å². The zero-order valence-electron chi connectivity index (χ0n) is 11.4. The molecule has 6 heteroatoms. The Kier molecular flexibility index (Phi) is 4.24. The Labute approximate surface area is 116 Å². The maximum Gasteiger partial charge on any atom is 0.332 e. The first-order chi connectivity index (χ1) is 9.52. The Morgan fingerprint density at radius 2 is 1.85 bits per heavy atom. The lowest BCUT2D eigenvalue weighted by atomic mass is 10.1. The fraction of sp³-hybridized carbons (Fsp3) is 0.429. The van der Waals surface area contributed by atoms with Gasteiger partial charge in [0.05, 0.1) is 7.11 Å². The molecule has 1 saturated heterocycles. The number of anilines is 1. The number of carboxylic acids is 1. The van der Waals surface area contributed by atoms with E-state index in [1.54, 1.807) is 38.4 Å². The molecule has 1 aromatic rings. The second-order valence-electron chi connectivity index (χ2n) is 4.62. The van der Waals surface area contributed by atoms with Crippen molar-refractivity contribution in [1.29, 1.82) is 0 Å². The molecule has 0 aromatic heterocycles. The Morgan fingerprint density at radius 1 is 1.25 bits per heavy atom. The maximum atomic E-state index is 12.2. The summed E-state index contributed by atoms with van der Waals surface area (Å²) in [4.78, 5) is 24.5. The number of amides is 1. The molecule has 2 rings (SSSR count). The van der Waals surface area contributed by atoms with Crippen LogP contribution < -0.4 is 9.64 Å². The largest absolute Gasteiger partial charge is 0.497 e. The highest BCUT2D eigenvalue weighted by atomic mass is 16.5. The number of carbonyl (C=O) groups is 2. The van der Waals surface area contributed by atoms with Gasteiger partial charge in [-0.1, -0.05) is 0 Å². The molecule has 6 nitrogen and oxygen atoms in total. The van der Waals surface area contributed by atoms with Gasteiger partial charge in [0.25, 0.3) is 5.91 Å². The third kappa shape index (κ3) is 2.91. The minimum Gasteiger partial charge on any atom is -0.497 e. The third-order valence-corrected chi connectivity index (χ3v) is 3.36. The zero-order chi connectivity index (χ0) is 14.7. The van der Waals surface area contributed by atoms with Crippen LogP contribution in [0.1, 0.15) is 12.8 Å². The average Bonchev–Trinajstić information content (AvgIpc) is 2.96. The van der Waals surface area contributed by atoms with Gasteiger partial charge in [-0.05, 0) is 37.1 Å². The number of carboxylic acid groups (broad SMARTS) is 1. The van der Waals surface area contributed by atoms with Crippen LogP contribution >= 0.6 is 0 Å². The van der Waals surface area contributed by atoms with Crippen LogP contribution in [0.4, 0.5) is 5.69 Å². The van der Waals surface area contributed by atoms with Crippen LogP contribution in [0.3, 0.4) is 0 Å². The zero-order valence-corrected chi connectivity index (χ0v) is 11.4. The maximum absolute atomic E-state index is 12.2. The number of benzene rings is 1. The van der Waals surface area contributed by atoms with E-state index in [2.05, 4.69) is 0 Å². The number of hydrogen-bond donors (Lipinski definition) is 1. The van der Waals surface area contributed by atoms with Crippen molar-refractivity contribution in [3.8, 4) is 5.75 Å². The molecule has 0 bridgehead atoms. The quantitative estimate of drug-likeness (QED) is 0.898. The van der Waals surface area contributed by atoms with Crippen molar-refractivity contribution in [3.05, 3.63) is 24.3 Å². The molecule has 20 heavy (non-hydrogen) atoms. The van der Waals surface area contributed by atoms with Gasteiger partial charge >= 0.3 is 5.97 Å². The van der Waals surface area contributed by atoms with Gasteiger partial charge < -0.3 is 19.5 Å². The second-order valence-corrected chi connectivity index (χ2v) is 4.62. The summed E-state index contributed by atoms with van der Waals surface area (Å²) in [6, 6.07) is 7.05. The van der Waals surface area contributed by atoms with Crippen molar-refractivity contribution in [2.24, 2.45) is 0 Å². The van der Waals surface area contributed by atoms with Gasteiger partial charge in [0.15, 0.2) is 6.10 Å². The summed E-state index contributed by atoms with van der Waals surface area (Å²) in [5.74, 6) is -0.552. The van der Waals surface area contributed by atoms with Gasteiger partial charge in [-0.25, -0.2) is 4.79 Å². The Bertz CT molecular complexity index is 499. The number of hydrogen-bond acceptors (Lipinski definition) is 4. The van der Waals surface area contributed by atoms with Crippen molar-refractivity contribution in [3.63, 3.8) is 0 Å². The summed E-state index contributed by atoms with van der Waals surface area (Å²) in [5, 5.41) is 8.86. The molecule has 0 radical (unpaired) electrons. The monoisotopic (exact) mass is 279 g/mol. The number of nitrogens with zero attached hydrogens (tertiary/aromatic N) is 1. The first-order valence-corrected chi connectivity index (χ1v) is 6.33. The molecule has 0 unspecified atom stereocenters. The van der Waals surface area contributed by atoms with E-state index in [0.717, 1.165) is 0 Å². The highest BCUT2D eigenvalue weighted by molar-refractivity contribution is 5.96. The van der Waals surface area contributed by atoms with Crippen LogP contribution in [0.25, 0.3) is 0 Å². The Balaban J connectivity index is 2.03. The number of carbonyl (C=O) groups excluding carboxylic acids is 1. The summed E-state index contributed by atoms with van der Waals surface area (Å²) in [7, 11) is 3.21. The Morgan fingerprint density at radius 3 is 2.35 bits per heavy atom. The van der Waals surface area contributed by atoms with Gasteiger partial charge in [-0.2, -0.15) is 0 Å². The molecule has 0 aliphatic carbocycles. The highest BCUT2D eigenvalue weighted by Crippen LogP contribution is 2.24. The molecule has 1 aliphatic rings. The minimum atomic E-state index is -1.02. The van der Waals surface area contributed by atoms with Crippen molar-refractivity contribution >= 4 is 17.6 Å². The molecule has 2 atom stereocenters. The van der Waals surface area contributed by atoms with E-state index in [0.29, 0.717) is 24.3 Å². The number of methoxy groups -OCH3 is 1. The third-order valence-electron chi connectivity index (χ3n) is 3.36. The van der Waals surface area contributed by atoms with Gasteiger partial charge in [-0.3, -0.25) is 4.79 Å². The van der Waals surface area contributed by atoms with E-state index in [1.807, 2.05) is 0 Å². The van der Waals surface area contributed by atoms with E-state index < -0.39 is 18.2 Å². The van der Waals surface area contributed by atoms with E-state index in [4.69, 9.17) is 14.6 Å². The van der Waals surface area contributed by atoms with Crippen molar-refractivity contribution in [1.82, 2.24) is 0 Å². The summed E-state index contributed by atoms with van der Waals surface area (Å²) < 4.78 is 10.3. The number of rotatable bonds is 4. The SMILES string of the molecule is COc1ccc(N(C)C(=O)[C@@H]2CC[C@H](C(=O)O)O2)cc1. The minimum absolute atomic E-state index is 0.237. The van der Waals surface area contributed by atoms with E-state index in [-0.39, 0.29) is 5.91 Å². The summed E-state index contributed by atoms with van der Waals surface area (Å²) >= 11 is 0. The molecule has 0 spiro atoms. The van der Waals surface area contributed by atoms with E-state index in [9.17, 15) is 9.59 Å². The summed E-state index contributed by atoms with van der Waals surface area (Å²) in [6.45, 7) is 0. The molecule has 1 N–H and O–H groups in total. The van der Waals surface area contributed by atoms with Crippen LogP contribution in [-0.2, 0) is 14.3 Å². The number of ether oxygens (including phenoxy) is 2. The normalized spacial score (nSPS) is 21.5. The fourth-order valence-corrected chi connectivity index (χ4v) is 2.15. The lowest BCUT2D eigenvalue weighted by molar-refractivity contribution is -0.151. The molecule has 1 amide bonds. The highest BCUT2D eigenvalue weighted by Gasteiger charge is 2.36. The van der Waals surface area contributed by atoms with Gasteiger partial charge in [0, 0.05) is 12.7 Å². The van der Waals surface area contributed by atoms with Crippen molar-refractivity contribution in [2.75, 3.05) is 19.1 Å². The van der Waals surface area contributed by atoms with Crippen molar-refractivity contribution in [2.45, 2.75) is 25.0 Å². The summed E-state index contributed by atoms with van der Waals surface area (Å²) in [5.41, 5.74) is 0.707. The molecule has 1 heterocycles. The molecule has 0 saturated carbocycles. The summed E-state index contributed by atoms with van der Waals surface area (Å²) in [6.07, 6.45) is -0.783. The van der Waals surface area contributed by atoms with Gasteiger partial charge in [0.2, 0.25) is 0 Å². The second kappa shape index (κ2) is 5.92.